The highest BCUT2D eigenvalue weighted by atomic mass is 28.3. The van der Waals surface area contributed by atoms with Gasteiger partial charge in [-0.25, -0.2) is 10.2 Å². The number of hydrogen-bond donors (Lipinski definition) is 1. The summed E-state index contributed by atoms with van der Waals surface area (Å²) in [7, 11) is -0.694. The Balaban J connectivity index is 0.000000354. The maximum absolute atomic E-state index is 8.35. The molecule has 1 aliphatic rings. The third kappa shape index (κ3) is 3.84. The molecule has 0 radical (unpaired) electrons. The highest BCUT2D eigenvalue weighted by Crippen LogP contribution is 2.36. The quantitative estimate of drug-likeness (QED) is 0.351. The summed E-state index contributed by atoms with van der Waals surface area (Å²) in [5, 5.41) is 5.40. The molecular formula is C9H19NOSi. The fourth-order valence-corrected chi connectivity index (χ4v) is 4.31. The van der Waals surface area contributed by atoms with Gasteiger partial charge in [-0.15, -0.1) is 0 Å². The molecule has 70 valence electrons. The van der Waals surface area contributed by atoms with Crippen LogP contribution >= 0.6 is 0 Å². The van der Waals surface area contributed by atoms with Crippen LogP contribution in [0.3, 0.4) is 0 Å². The van der Waals surface area contributed by atoms with Crippen molar-refractivity contribution in [1.82, 2.24) is 0 Å². The van der Waals surface area contributed by atoms with Crippen molar-refractivity contribution in [2.75, 3.05) is 0 Å². The molecule has 0 saturated carbocycles. The molecule has 0 aliphatic carbocycles. The van der Waals surface area contributed by atoms with E-state index in [1.54, 1.807) is 6.04 Å². The third-order valence-corrected chi connectivity index (χ3v) is 7.64. The zero-order chi connectivity index (χ0) is 9.61. The summed E-state index contributed by atoms with van der Waals surface area (Å²) in [6, 6.07) is 1.58. The summed E-state index contributed by atoms with van der Waals surface area (Å²) in [6.45, 7) is 7.53. The molecule has 0 aromatic carbocycles. The van der Waals surface area contributed by atoms with Crippen LogP contribution in [-0.2, 0) is 4.79 Å². The second kappa shape index (κ2) is 5.28. The van der Waals surface area contributed by atoms with Crippen molar-refractivity contribution >= 4 is 14.2 Å². The predicted octanol–water partition coefficient (Wildman–Crippen LogP) is 3.17. The summed E-state index contributed by atoms with van der Waals surface area (Å²) in [5.74, 6) is 0. The maximum atomic E-state index is 8.35. The number of carbonyl (C=O) groups excluding carboxylic acids is 1. The molecule has 2 nitrogen and oxygen atoms in total. The van der Waals surface area contributed by atoms with Crippen molar-refractivity contribution in [3.63, 3.8) is 0 Å². The molecule has 0 bridgehead atoms. The molecule has 12 heavy (non-hydrogen) atoms. The van der Waals surface area contributed by atoms with Crippen molar-refractivity contribution in [1.29, 1.82) is 5.41 Å². The van der Waals surface area contributed by atoms with Crippen LogP contribution < -0.4 is 0 Å². The van der Waals surface area contributed by atoms with Gasteiger partial charge in [-0.2, -0.15) is 0 Å². The van der Waals surface area contributed by atoms with Gasteiger partial charge >= 0.3 is 0 Å². The van der Waals surface area contributed by atoms with Gasteiger partial charge in [-0.05, 0) is 5.54 Å². The van der Waals surface area contributed by atoms with Gasteiger partial charge in [0.1, 0.15) is 0 Å². The van der Waals surface area contributed by atoms with Crippen LogP contribution in [-0.4, -0.2) is 14.2 Å². The average Bonchev–Trinajstić information content (AvgIpc) is 1.97. The standard InChI is InChI=1S/C8H18Si.CHNO/c1-8-6-4-5-7-9(8,2)3;2-1-3/h8H,4-7H2,1-3H3;2H. The lowest BCUT2D eigenvalue weighted by molar-refractivity contribution is 0.563. The van der Waals surface area contributed by atoms with E-state index in [1.807, 2.05) is 0 Å². The molecule has 1 heterocycles. The fraction of sp³-hybridized carbons (Fsp3) is 0.889. The number of rotatable bonds is 0. The zero-order valence-corrected chi connectivity index (χ0v) is 9.31. The van der Waals surface area contributed by atoms with E-state index >= 15 is 0 Å². The molecule has 0 aromatic heterocycles. The molecule has 3 heteroatoms. The molecule has 1 rings (SSSR count). The van der Waals surface area contributed by atoms with Crippen molar-refractivity contribution < 1.29 is 4.79 Å². The Kier molecular flexibility index (Phi) is 5.10. The summed E-state index contributed by atoms with van der Waals surface area (Å²) in [6.07, 6.45) is 5.28. The molecule has 1 saturated heterocycles. The topological polar surface area (TPSA) is 40.9 Å². The van der Waals surface area contributed by atoms with Crippen molar-refractivity contribution in [2.45, 2.75) is 50.9 Å². The van der Waals surface area contributed by atoms with E-state index in [4.69, 9.17) is 10.2 Å². The second-order valence-electron chi connectivity index (χ2n) is 4.24. The lowest BCUT2D eigenvalue weighted by atomic mass is 10.2. The molecule has 0 aromatic rings. The molecule has 1 unspecified atom stereocenters. The molecule has 1 fully saturated rings. The molecule has 1 aliphatic heterocycles. The number of isocyanates is 1. The molecule has 1 N–H and O–H groups in total. The smallest absolute Gasteiger partial charge is 0.222 e. The van der Waals surface area contributed by atoms with E-state index in [0.717, 1.165) is 11.6 Å². The van der Waals surface area contributed by atoms with E-state index in [0.29, 0.717) is 0 Å². The molecule has 1 atom stereocenters. The minimum absolute atomic E-state index is 0.694. The highest BCUT2D eigenvalue weighted by molar-refractivity contribution is 6.78. The van der Waals surface area contributed by atoms with Crippen LogP contribution in [0, 0.1) is 5.41 Å². The molecular weight excluding hydrogens is 166 g/mol. The van der Waals surface area contributed by atoms with Gasteiger partial charge in [0.15, 0.2) is 0 Å². The summed E-state index contributed by atoms with van der Waals surface area (Å²) in [4.78, 5) is 8.35. The minimum Gasteiger partial charge on any atom is -0.222 e. The highest BCUT2D eigenvalue weighted by Gasteiger charge is 2.30. The Hall–Kier alpha value is -0.403. The van der Waals surface area contributed by atoms with Gasteiger partial charge in [0.25, 0.3) is 0 Å². The average molecular weight is 185 g/mol. The SMILES string of the molecule is CC1CCCC[Si]1(C)C.N=C=O. The fourth-order valence-electron chi connectivity index (χ4n) is 1.67. The van der Waals surface area contributed by atoms with E-state index in [2.05, 4.69) is 20.0 Å². The summed E-state index contributed by atoms with van der Waals surface area (Å²) < 4.78 is 0. The van der Waals surface area contributed by atoms with Crippen LogP contribution in [0.25, 0.3) is 0 Å². The van der Waals surface area contributed by atoms with Crippen LogP contribution in [0.15, 0.2) is 0 Å². The van der Waals surface area contributed by atoms with Gasteiger partial charge in [0, 0.05) is 0 Å². The molecule has 0 spiro atoms. The van der Waals surface area contributed by atoms with Crippen LogP contribution in [0.4, 0.5) is 0 Å². The van der Waals surface area contributed by atoms with Gasteiger partial charge in [-0.1, -0.05) is 45.3 Å². The van der Waals surface area contributed by atoms with Crippen molar-refractivity contribution in [3.05, 3.63) is 0 Å². The molecule has 0 amide bonds. The minimum atomic E-state index is -0.694. The van der Waals surface area contributed by atoms with Crippen LogP contribution in [0.5, 0.6) is 0 Å². The lowest BCUT2D eigenvalue weighted by Gasteiger charge is -2.34. The first-order chi connectivity index (χ1) is 5.54. The number of nitrogens with one attached hydrogen (secondary N) is 1. The normalized spacial score (nSPS) is 26.4. The first kappa shape index (κ1) is 11.6. The largest absolute Gasteiger partial charge is 0.231 e. The summed E-state index contributed by atoms with van der Waals surface area (Å²) >= 11 is 0. The number of hydrogen-bond acceptors (Lipinski definition) is 2. The van der Waals surface area contributed by atoms with E-state index in [1.165, 1.54) is 19.3 Å². The Morgan fingerprint density at radius 3 is 2.17 bits per heavy atom. The Labute approximate surface area is 75.9 Å². The van der Waals surface area contributed by atoms with E-state index in [-0.39, 0.29) is 0 Å². The van der Waals surface area contributed by atoms with Gasteiger partial charge < -0.3 is 0 Å². The first-order valence-electron chi connectivity index (χ1n) is 4.58. The van der Waals surface area contributed by atoms with E-state index in [9.17, 15) is 0 Å². The van der Waals surface area contributed by atoms with Gasteiger partial charge in [0.2, 0.25) is 6.08 Å². The van der Waals surface area contributed by atoms with Crippen molar-refractivity contribution in [3.8, 4) is 0 Å². The Bertz CT molecular complexity index is 162. The zero-order valence-electron chi connectivity index (χ0n) is 8.31. The second-order valence-corrected chi connectivity index (χ2v) is 9.70. The van der Waals surface area contributed by atoms with E-state index < -0.39 is 8.07 Å². The Morgan fingerprint density at radius 2 is 1.92 bits per heavy atom. The monoisotopic (exact) mass is 185 g/mol. The lowest BCUT2D eigenvalue weighted by Crippen LogP contribution is -2.33. The van der Waals surface area contributed by atoms with Crippen LogP contribution in [0.2, 0.25) is 24.7 Å². The van der Waals surface area contributed by atoms with Gasteiger partial charge in [0.05, 0.1) is 8.07 Å². The first-order valence-corrected chi connectivity index (χ1v) is 7.87. The Morgan fingerprint density at radius 1 is 1.42 bits per heavy atom. The maximum Gasteiger partial charge on any atom is 0.231 e. The van der Waals surface area contributed by atoms with Gasteiger partial charge in [-0.3, -0.25) is 0 Å². The summed E-state index contributed by atoms with van der Waals surface area (Å²) in [5.41, 5.74) is 1.09. The predicted molar refractivity (Wildman–Crippen MR) is 54.0 cm³/mol. The van der Waals surface area contributed by atoms with Crippen molar-refractivity contribution in [2.24, 2.45) is 0 Å². The third-order valence-electron chi connectivity index (χ3n) is 3.04. The van der Waals surface area contributed by atoms with Crippen LogP contribution in [0.1, 0.15) is 26.2 Å².